The van der Waals surface area contributed by atoms with E-state index in [4.69, 9.17) is 5.73 Å². The average Bonchev–Trinajstić information content (AvgIpc) is 2.29. The number of amides is 1. The molecule has 1 saturated heterocycles. The monoisotopic (exact) mass is 227 g/mol. The maximum Gasteiger partial charge on any atom is 0.234 e. The number of carbonyl (C=O) groups is 1. The summed E-state index contributed by atoms with van der Waals surface area (Å²) < 4.78 is 0. The van der Waals surface area contributed by atoms with Crippen LogP contribution in [0.1, 0.15) is 33.1 Å². The van der Waals surface area contributed by atoms with Crippen molar-refractivity contribution in [2.45, 2.75) is 39.2 Å². The largest absolute Gasteiger partial charge is 0.368 e. The summed E-state index contributed by atoms with van der Waals surface area (Å²) in [5.74, 6) is 0.561. The molecule has 0 aliphatic carbocycles. The van der Waals surface area contributed by atoms with Crippen LogP contribution >= 0.6 is 0 Å². The van der Waals surface area contributed by atoms with Gasteiger partial charge < -0.3 is 11.1 Å². The second-order valence-corrected chi connectivity index (χ2v) is 4.76. The van der Waals surface area contributed by atoms with Crippen molar-refractivity contribution >= 4 is 5.91 Å². The Morgan fingerprint density at radius 3 is 2.62 bits per heavy atom. The SMILES string of the molecule is CCCNCC1CCN(C(C)C(N)=O)CC1. The molecule has 0 spiro atoms. The Balaban J connectivity index is 2.20. The summed E-state index contributed by atoms with van der Waals surface area (Å²) in [6, 6.07) is -0.107. The molecule has 1 atom stereocenters. The zero-order chi connectivity index (χ0) is 12.0. The smallest absolute Gasteiger partial charge is 0.234 e. The molecule has 0 aromatic carbocycles. The van der Waals surface area contributed by atoms with E-state index in [2.05, 4.69) is 17.1 Å². The minimum absolute atomic E-state index is 0.107. The number of primary amides is 1. The number of rotatable bonds is 6. The molecule has 0 saturated carbocycles. The van der Waals surface area contributed by atoms with Crippen molar-refractivity contribution in [3.8, 4) is 0 Å². The Kier molecular flexibility index (Phi) is 5.77. The molecule has 1 aliphatic rings. The van der Waals surface area contributed by atoms with Crippen molar-refractivity contribution in [1.29, 1.82) is 0 Å². The second kappa shape index (κ2) is 6.86. The van der Waals surface area contributed by atoms with Crippen molar-refractivity contribution in [1.82, 2.24) is 10.2 Å². The van der Waals surface area contributed by atoms with Crippen molar-refractivity contribution in [2.24, 2.45) is 11.7 Å². The number of nitrogens with one attached hydrogen (secondary N) is 1. The predicted molar refractivity (Wildman–Crippen MR) is 66.1 cm³/mol. The number of nitrogens with two attached hydrogens (primary N) is 1. The number of likely N-dealkylation sites (tertiary alicyclic amines) is 1. The minimum Gasteiger partial charge on any atom is -0.368 e. The van der Waals surface area contributed by atoms with E-state index < -0.39 is 0 Å². The van der Waals surface area contributed by atoms with Crippen molar-refractivity contribution in [2.75, 3.05) is 26.2 Å². The molecule has 1 amide bonds. The quantitative estimate of drug-likeness (QED) is 0.652. The molecular weight excluding hydrogens is 202 g/mol. The van der Waals surface area contributed by atoms with Crippen LogP contribution in [0.2, 0.25) is 0 Å². The summed E-state index contributed by atoms with van der Waals surface area (Å²) in [4.78, 5) is 13.3. The van der Waals surface area contributed by atoms with Crippen LogP contribution in [0.3, 0.4) is 0 Å². The van der Waals surface area contributed by atoms with Gasteiger partial charge in [0, 0.05) is 0 Å². The van der Waals surface area contributed by atoms with Gasteiger partial charge in [0.1, 0.15) is 0 Å². The summed E-state index contributed by atoms with van der Waals surface area (Å²) in [6.45, 7) is 8.32. The van der Waals surface area contributed by atoms with Gasteiger partial charge in [0.25, 0.3) is 0 Å². The van der Waals surface area contributed by atoms with Crippen LogP contribution in [-0.2, 0) is 4.79 Å². The first-order valence-electron chi connectivity index (χ1n) is 6.39. The first-order valence-corrected chi connectivity index (χ1v) is 6.39. The van der Waals surface area contributed by atoms with Gasteiger partial charge in [-0.25, -0.2) is 0 Å². The number of hydrogen-bond donors (Lipinski definition) is 2. The third-order valence-corrected chi connectivity index (χ3v) is 3.47. The van der Waals surface area contributed by atoms with E-state index in [0.717, 1.165) is 32.1 Å². The Morgan fingerprint density at radius 2 is 2.12 bits per heavy atom. The van der Waals surface area contributed by atoms with Crippen LogP contribution in [0.5, 0.6) is 0 Å². The molecule has 1 unspecified atom stereocenters. The lowest BCUT2D eigenvalue weighted by Crippen LogP contribution is -2.47. The standard InChI is InChI=1S/C12H25N3O/c1-3-6-14-9-11-4-7-15(8-5-11)10(2)12(13)16/h10-11,14H,3-9H2,1-2H3,(H2,13,16). The number of hydrogen-bond acceptors (Lipinski definition) is 3. The summed E-state index contributed by atoms with van der Waals surface area (Å²) in [5.41, 5.74) is 5.31. The fourth-order valence-electron chi connectivity index (χ4n) is 2.21. The lowest BCUT2D eigenvalue weighted by molar-refractivity contribution is -0.123. The topological polar surface area (TPSA) is 58.4 Å². The highest BCUT2D eigenvalue weighted by Crippen LogP contribution is 2.18. The highest BCUT2D eigenvalue weighted by Gasteiger charge is 2.24. The molecule has 0 aromatic rings. The van der Waals surface area contributed by atoms with Gasteiger partial charge in [-0.15, -0.1) is 0 Å². The van der Waals surface area contributed by atoms with E-state index in [0.29, 0.717) is 0 Å². The van der Waals surface area contributed by atoms with Gasteiger partial charge in [0.2, 0.25) is 5.91 Å². The molecule has 4 heteroatoms. The van der Waals surface area contributed by atoms with Crippen LogP contribution in [0.4, 0.5) is 0 Å². The van der Waals surface area contributed by atoms with Gasteiger partial charge in [0.15, 0.2) is 0 Å². The first-order chi connectivity index (χ1) is 7.65. The van der Waals surface area contributed by atoms with Crippen LogP contribution < -0.4 is 11.1 Å². The fraction of sp³-hybridized carbons (Fsp3) is 0.917. The third kappa shape index (κ3) is 4.10. The van der Waals surface area contributed by atoms with E-state index in [1.165, 1.54) is 19.3 Å². The van der Waals surface area contributed by atoms with Gasteiger partial charge >= 0.3 is 0 Å². The maximum absolute atomic E-state index is 11.1. The number of carbonyl (C=O) groups excluding carboxylic acids is 1. The second-order valence-electron chi connectivity index (χ2n) is 4.76. The normalized spacial score (nSPS) is 20.9. The number of piperidine rings is 1. The van der Waals surface area contributed by atoms with Crippen molar-refractivity contribution < 1.29 is 4.79 Å². The average molecular weight is 227 g/mol. The fourth-order valence-corrected chi connectivity index (χ4v) is 2.21. The first kappa shape index (κ1) is 13.5. The van der Waals surface area contributed by atoms with Gasteiger partial charge in [-0.1, -0.05) is 6.92 Å². The highest BCUT2D eigenvalue weighted by atomic mass is 16.1. The molecule has 1 aliphatic heterocycles. The van der Waals surface area contributed by atoms with Gasteiger partial charge in [-0.05, 0) is 58.3 Å². The molecule has 94 valence electrons. The highest BCUT2D eigenvalue weighted by molar-refractivity contribution is 5.79. The van der Waals surface area contributed by atoms with E-state index in [1.54, 1.807) is 0 Å². The van der Waals surface area contributed by atoms with Crippen LogP contribution in [0.15, 0.2) is 0 Å². The van der Waals surface area contributed by atoms with Gasteiger partial charge in [-0.2, -0.15) is 0 Å². The van der Waals surface area contributed by atoms with E-state index in [1.807, 2.05) is 6.92 Å². The Bertz CT molecular complexity index is 212. The zero-order valence-electron chi connectivity index (χ0n) is 10.5. The lowest BCUT2D eigenvalue weighted by Gasteiger charge is -2.34. The van der Waals surface area contributed by atoms with Gasteiger partial charge in [-0.3, -0.25) is 9.69 Å². The summed E-state index contributed by atoms with van der Waals surface area (Å²) >= 11 is 0. The van der Waals surface area contributed by atoms with E-state index in [-0.39, 0.29) is 11.9 Å². The molecule has 1 heterocycles. The third-order valence-electron chi connectivity index (χ3n) is 3.47. The van der Waals surface area contributed by atoms with E-state index >= 15 is 0 Å². The van der Waals surface area contributed by atoms with Crippen LogP contribution in [0, 0.1) is 5.92 Å². The predicted octanol–water partition coefficient (Wildman–Crippen LogP) is 0.572. The van der Waals surface area contributed by atoms with Gasteiger partial charge in [0.05, 0.1) is 6.04 Å². The Hall–Kier alpha value is -0.610. The minimum atomic E-state index is -0.206. The Morgan fingerprint density at radius 1 is 1.50 bits per heavy atom. The molecule has 0 aromatic heterocycles. The van der Waals surface area contributed by atoms with Crippen molar-refractivity contribution in [3.63, 3.8) is 0 Å². The molecule has 16 heavy (non-hydrogen) atoms. The molecule has 1 fully saturated rings. The molecule has 4 nitrogen and oxygen atoms in total. The molecular formula is C12H25N3O. The lowest BCUT2D eigenvalue weighted by atomic mass is 9.95. The maximum atomic E-state index is 11.1. The molecule has 0 radical (unpaired) electrons. The number of nitrogens with zero attached hydrogens (tertiary/aromatic N) is 1. The molecule has 0 bridgehead atoms. The Labute approximate surface area is 98.6 Å². The van der Waals surface area contributed by atoms with Crippen molar-refractivity contribution in [3.05, 3.63) is 0 Å². The summed E-state index contributed by atoms with van der Waals surface area (Å²) in [7, 11) is 0. The van der Waals surface area contributed by atoms with Crippen LogP contribution in [0.25, 0.3) is 0 Å². The van der Waals surface area contributed by atoms with Crippen LogP contribution in [-0.4, -0.2) is 43.0 Å². The molecule has 3 N–H and O–H groups in total. The summed E-state index contributed by atoms with van der Waals surface area (Å²) in [6.07, 6.45) is 3.54. The van der Waals surface area contributed by atoms with E-state index in [9.17, 15) is 4.79 Å². The molecule has 1 rings (SSSR count). The summed E-state index contributed by atoms with van der Waals surface area (Å²) in [5, 5.41) is 3.46. The zero-order valence-corrected chi connectivity index (χ0v) is 10.5.